The predicted octanol–water partition coefficient (Wildman–Crippen LogP) is 2.69. The molecular formula is C11H18N2O. The molecule has 14 heavy (non-hydrogen) atoms. The minimum atomic E-state index is 0.468. The first-order valence-electron chi connectivity index (χ1n) is 4.64. The summed E-state index contributed by atoms with van der Waals surface area (Å²) in [5.74, 6) is 0.720. The number of hydrogen-bond donors (Lipinski definition) is 2. The summed E-state index contributed by atoms with van der Waals surface area (Å²) in [6.07, 6.45) is 0. The molecule has 3 heteroatoms. The van der Waals surface area contributed by atoms with Gasteiger partial charge in [-0.1, -0.05) is 13.8 Å². The first-order chi connectivity index (χ1) is 6.65. The Hall–Kier alpha value is -1.51. The summed E-state index contributed by atoms with van der Waals surface area (Å²) in [4.78, 5) is 0. The van der Waals surface area contributed by atoms with Crippen molar-refractivity contribution in [3.05, 3.63) is 23.8 Å². The predicted molar refractivity (Wildman–Crippen MR) is 61.3 cm³/mol. The lowest BCUT2D eigenvalue weighted by atomic mass is 10.1. The van der Waals surface area contributed by atoms with Crippen LogP contribution in [0.4, 0.5) is 5.69 Å². The Labute approximate surface area is 85.4 Å². The van der Waals surface area contributed by atoms with Crippen LogP contribution < -0.4 is 10.5 Å². The number of methoxy groups -OCH3 is 1. The van der Waals surface area contributed by atoms with Crippen LogP contribution in [0.5, 0.6) is 5.75 Å². The van der Waals surface area contributed by atoms with Gasteiger partial charge in [0.1, 0.15) is 5.75 Å². The molecule has 0 radical (unpaired) electrons. The van der Waals surface area contributed by atoms with E-state index in [0.29, 0.717) is 11.4 Å². The number of benzene rings is 1. The third-order valence-electron chi connectivity index (χ3n) is 1.66. The van der Waals surface area contributed by atoms with E-state index in [1.165, 1.54) is 0 Å². The van der Waals surface area contributed by atoms with E-state index in [4.69, 9.17) is 15.9 Å². The minimum absolute atomic E-state index is 0.468. The molecule has 0 fully saturated rings. The van der Waals surface area contributed by atoms with Gasteiger partial charge in [0.2, 0.25) is 0 Å². The molecule has 0 bridgehead atoms. The van der Waals surface area contributed by atoms with Crippen molar-refractivity contribution in [2.45, 2.75) is 20.8 Å². The van der Waals surface area contributed by atoms with Crippen LogP contribution in [-0.2, 0) is 0 Å². The average molecular weight is 194 g/mol. The van der Waals surface area contributed by atoms with Crippen LogP contribution in [0, 0.1) is 5.41 Å². The lowest BCUT2D eigenvalue weighted by Gasteiger charge is -2.05. The van der Waals surface area contributed by atoms with Crippen molar-refractivity contribution >= 4 is 11.4 Å². The Balaban J connectivity index is 0.000000791. The maximum atomic E-state index is 7.38. The molecule has 3 nitrogen and oxygen atoms in total. The van der Waals surface area contributed by atoms with Crippen LogP contribution in [0.3, 0.4) is 0 Å². The summed E-state index contributed by atoms with van der Waals surface area (Å²) in [7, 11) is 1.59. The van der Waals surface area contributed by atoms with Gasteiger partial charge in [-0.05, 0) is 19.1 Å². The second kappa shape index (κ2) is 6.02. The maximum absolute atomic E-state index is 7.38. The van der Waals surface area contributed by atoms with Crippen molar-refractivity contribution in [2.75, 3.05) is 12.8 Å². The number of hydrogen-bond acceptors (Lipinski definition) is 3. The van der Waals surface area contributed by atoms with E-state index < -0.39 is 0 Å². The van der Waals surface area contributed by atoms with E-state index in [-0.39, 0.29) is 0 Å². The molecule has 0 saturated heterocycles. The molecule has 1 aromatic carbocycles. The number of nitrogens with two attached hydrogens (primary N) is 1. The highest BCUT2D eigenvalue weighted by molar-refractivity contribution is 6.01. The summed E-state index contributed by atoms with van der Waals surface area (Å²) < 4.78 is 4.98. The zero-order valence-corrected chi connectivity index (χ0v) is 9.22. The number of rotatable bonds is 2. The fraction of sp³-hybridized carbons (Fsp3) is 0.364. The average Bonchev–Trinajstić information content (AvgIpc) is 2.20. The molecule has 0 aliphatic heterocycles. The van der Waals surface area contributed by atoms with E-state index in [1.54, 1.807) is 32.2 Å². The quantitative estimate of drug-likeness (QED) is 0.561. The highest BCUT2D eigenvalue weighted by Gasteiger charge is 2.01. The Morgan fingerprint density at radius 2 is 1.93 bits per heavy atom. The monoisotopic (exact) mass is 194 g/mol. The SMILES string of the molecule is CC.COc1ccc(C(C)=N)c(N)c1. The second-order valence-electron chi connectivity index (χ2n) is 2.58. The summed E-state index contributed by atoms with van der Waals surface area (Å²) in [5, 5.41) is 7.38. The van der Waals surface area contributed by atoms with Crippen LogP contribution in [0.15, 0.2) is 18.2 Å². The number of ether oxygens (including phenoxy) is 1. The van der Waals surface area contributed by atoms with Gasteiger partial charge >= 0.3 is 0 Å². The minimum Gasteiger partial charge on any atom is -0.497 e. The Bertz CT molecular complexity index is 308. The van der Waals surface area contributed by atoms with Gasteiger partial charge in [-0.3, -0.25) is 0 Å². The molecular weight excluding hydrogens is 176 g/mol. The molecule has 0 spiro atoms. The van der Waals surface area contributed by atoms with E-state index in [1.807, 2.05) is 13.8 Å². The molecule has 0 aliphatic rings. The van der Waals surface area contributed by atoms with Gasteiger partial charge in [0, 0.05) is 23.0 Å². The molecule has 0 aromatic heterocycles. The topological polar surface area (TPSA) is 59.1 Å². The smallest absolute Gasteiger partial charge is 0.120 e. The van der Waals surface area contributed by atoms with E-state index >= 15 is 0 Å². The molecule has 3 N–H and O–H groups in total. The molecule has 1 aromatic rings. The van der Waals surface area contributed by atoms with Crippen LogP contribution in [0.1, 0.15) is 26.3 Å². The molecule has 78 valence electrons. The van der Waals surface area contributed by atoms with Crippen molar-refractivity contribution in [3.63, 3.8) is 0 Å². The zero-order valence-electron chi connectivity index (χ0n) is 9.22. The van der Waals surface area contributed by atoms with Crippen molar-refractivity contribution < 1.29 is 4.74 Å². The number of nitrogen functional groups attached to an aromatic ring is 1. The normalized spacial score (nSPS) is 8.57. The standard InChI is InChI=1S/C9H12N2O.C2H6/c1-6(10)8-4-3-7(12-2)5-9(8)11;1-2/h3-5,10H,11H2,1-2H3;1-2H3. The van der Waals surface area contributed by atoms with Gasteiger partial charge in [0.15, 0.2) is 0 Å². The van der Waals surface area contributed by atoms with Gasteiger partial charge in [-0.15, -0.1) is 0 Å². The lowest BCUT2D eigenvalue weighted by Crippen LogP contribution is -1.99. The van der Waals surface area contributed by atoms with Crippen LogP contribution >= 0.6 is 0 Å². The highest BCUT2D eigenvalue weighted by Crippen LogP contribution is 2.19. The van der Waals surface area contributed by atoms with Gasteiger partial charge in [-0.2, -0.15) is 0 Å². The van der Waals surface area contributed by atoms with E-state index in [0.717, 1.165) is 11.3 Å². The van der Waals surface area contributed by atoms with Crippen molar-refractivity contribution in [2.24, 2.45) is 0 Å². The van der Waals surface area contributed by atoms with Gasteiger partial charge < -0.3 is 15.9 Å². The van der Waals surface area contributed by atoms with Gasteiger partial charge in [0.25, 0.3) is 0 Å². The van der Waals surface area contributed by atoms with Crippen LogP contribution in [-0.4, -0.2) is 12.8 Å². The molecule has 0 heterocycles. The fourth-order valence-corrected chi connectivity index (χ4v) is 1.01. The van der Waals surface area contributed by atoms with E-state index in [2.05, 4.69) is 0 Å². The highest BCUT2D eigenvalue weighted by atomic mass is 16.5. The third kappa shape index (κ3) is 3.09. The molecule has 0 unspecified atom stereocenters. The van der Waals surface area contributed by atoms with Crippen molar-refractivity contribution in [1.82, 2.24) is 0 Å². The van der Waals surface area contributed by atoms with Gasteiger partial charge in [0.05, 0.1) is 7.11 Å². The Kier molecular flexibility index (Phi) is 5.37. The summed E-state index contributed by atoms with van der Waals surface area (Å²) in [6, 6.07) is 5.30. The Morgan fingerprint density at radius 1 is 1.36 bits per heavy atom. The summed E-state index contributed by atoms with van der Waals surface area (Å²) in [6.45, 7) is 5.71. The Morgan fingerprint density at radius 3 is 2.29 bits per heavy atom. The summed E-state index contributed by atoms with van der Waals surface area (Å²) >= 11 is 0. The van der Waals surface area contributed by atoms with Crippen LogP contribution in [0.25, 0.3) is 0 Å². The molecule has 0 aliphatic carbocycles. The van der Waals surface area contributed by atoms with E-state index in [9.17, 15) is 0 Å². The second-order valence-corrected chi connectivity index (χ2v) is 2.58. The third-order valence-corrected chi connectivity index (χ3v) is 1.66. The first kappa shape index (κ1) is 12.5. The first-order valence-corrected chi connectivity index (χ1v) is 4.64. The lowest BCUT2D eigenvalue weighted by molar-refractivity contribution is 0.415. The fourth-order valence-electron chi connectivity index (χ4n) is 1.01. The summed E-state index contributed by atoms with van der Waals surface area (Å²) in [5.41, 5.74) is 7.49. The maximum Gasteiger partial charge on any atom is 0.120 e. The molecule has 0 amide bonds. The molecule has 0 saturated carbocycles. The number of anilines is 1. The van der Waals surface area contributed by atoms with Crippen molar-refractivity contribution in [3.8, 4) is 5.75 Å². The molecule has 1 rings (SSSR count). The van der Waals surface area contributed by atoms with Gasteiger partial charge in [-0.25, -0.2) is 0 Å². The number of nitrogens with one attached hydrogen (secondary N) is 1. The zero-order chi connectivity index (χ0) is 11.1. The largest absolute Gasteiger partial charge is 0.497 e. The van der Waals surface area contributed by atoms with Crippen molar-refractivity contribution in [1.29, 1.82) is 5.41 Å². The molecule has 0 atom stereocenters. The van der Waals surface area contributed by atoms with Crippen LogP contribution in [0.2, 0.25) is 0 Å².